The standard InChI is InChI=1S/C14H20N2O3/c1-19-12-4-2-3-11(9-12)13(17)10-16-7-5-14(18)15-6-8-16/h2-4,9,13,17H,5-8,10H2,1H3,(H,15,18). The summed E-state index contributed by atoms with van der Waals surface area (Å²) in [6.07, 6.45) is -0.0755. The number of rotatable bonds is 4. The second kappa shape index (κ2) is 6.54. The van der Waals surface area contributed by atoms with Crippen LogP contribution in [0.25, 0.3) is 0 Å². The number of ether oxygens (including phenoxy) is 1. The van der Waals surface area contributed by atoms with Gasteiger partial charge in [-0.1, -0.05) is 12.1 Å². The molecule has 2 N–H and O–H groups in total. The molecule has 1 aromatic carbocycles. The lowest BCUT2D eigenvalue weighted by Gasteiger charge is -2.22. The highest BCUT2D eigenvalue weighted by molar-refractivity contribution is 5.76. The fourth-order valence-electron chi connectivity index (χ4n) is 2.19. The minimum atomic E-state index is -0.566. The predicted molar refractivity (Wildman–Crippen MR) is 72.0 cm³/mol. The molecule has 1 heterocycles. The average Bonchev–Trinajstić information content (AvgIpc) is 2.64. The lowest BCUT2D eigenvalue weighted by atomic mass is 10.1. The maximum absolute atomic E-state index is 11.3. The summed E-state index contributed by atoms with van der Waals surface area (Å²) < 4.78 is 5.15. The highest BCUT2D eigenvalue weighted by Gasteiger charge is 2.17. The number of β-amino-alcohol motifs (C(OH)–C–C–N with tert-alkyl or cyclic N) is 1. The van der Waals surface area contributed by atoms with E-state index in [1.807, 2.05) is 24.3 Å². The van der Waals surface area contributed by atoms with Crippen LogP contribution in [-0.2, 0) is 4.79 Å². The molecule has 104 valence electrons. The molecule has 1 amide bonds. The molecule has 0 saturated carbocycles. The van der Waals surface area contributed by atoms with Crippen molar-refractivity contribution in [3.63, 3.8) is 0 Å². The highest BCUT2D eigenvalue weighted by Crippen LogP contribution is 2.20. The number of nitrogens with one attached hydrogen (secondary N) is 1. The van der Waals surface area contributed by atoms with Crippen molar-refractivity contribution in [2.45, 2.75) is 12.5 Å². The number of carbonyl (C=O) groups is 1. The zero-order valence-corrected chi connectivity index (χ0v) is 11.1. The normalized spacial score (nSPS) is 18.5. The molecule has 1 aliphatic rings. The van der Waals surface area contributed by atoms with E-state index in [2.05, 4.69) is 10.2 Å². The van der Waals surface area contributed by atoms with Gasteiger partial charge in [-0.3, -0.25) is 9.69 Å². The Morgan fingerprint density at radius 2 is 2.32 bits per heavy atom. The van der Waals surface area contributed by atoms with Crippen LogP contribution in [0.15, 0.2) is 24.3 Å². The van der Waals surface area contributed by atoms with E-state index in [4.69, 9.17) is 4.74 Å². The van der Waals surface area contributed by atoms with Crippen LogP contribution in [0.5, 0.6) is 5.75 Å². The molecule has 5 heteroatoms. The Balaban J connectivity index is 1.95. The van der Waals surface area contributed by atoms with Crippen LogP contribution in [-0.4, -0.2) is 49.2 Å². The van der Waals surface area contributed by atoms with Crippen molar-refractivity contribution in [3.05, 3.63) is 29.8 Å². The van der Waals surface area contributed by atoms with E-state index in [-0.39, 0.29) is 5.91 Å². The summed E-state index contributed by atoms with van der Waals surface area (Å²) in [4.78, 5) is 13.4. The van der Waals surface area contributed by atoms with Crippen molar-refractivity contribution in [3.8, 4) is 5.75 Å². The molecule has 0 radical (unpaired) electrons. The van der Waals surface area contributed by atoms with Gasteiger partial charge in [-0.05, 0) is 17.7 Å². The monoisotopic (exact) mass is 264 g/mol. The average molecular weight is 264 g/mol. The number of carbonyl (C=O) groups excluding carboxylic acids is 1. The molecule has 19 heavy (non-hydrogen) atoms. The van der Waals surface area contributed by atoms with Gasteiger partial charge in [0, 0.05) is 32.6 Å². The Morgan fingerprint density at radius 1 is 1.47 bits per heavy atom. The van der Waals surface area contributed by atoms with Gasteiger partial charge >= 0.3 is 0 Å². The number of aliphatic hydroxyl groups is 1. The Bertz CT molecular complexity index is 436. The summed E-state index contributed by atoms with van der Waals surface area (Å²) >= 11 is 0. The summed E-state index contributed by atoms with van der Waals surface area (Å²) in [5.74, 6) is 0.822. The summed E-state index contributed by atoms with van der Waals surface area (Å²) in [6, 6.07) is 7.44. The first-order chi connectivity index (χ1) is 9.19. The highest BCUT2D eigenvalue weighted by atomic mass is 16.5. The van der Waals surface area contributed by atoms with Crippen molar-refractivity contribution in [2.24, 2.45) is 0 Å². The number of aliphatic hydroxyl groups excluding tert-OH is 1. The van der Waals surface area contributed by atoms with E-state index in [9.17, 15) is 9.90 Å². The van der Waals surface area contributed by atoms with Crippen molar-refractivity contribution in [1.29, 1.82) is 0 Å². The van der Waals surface area contributed by atoms with Gasteiger partial charge in [0.05, 0.1) is 13.2 Å². The maximum Gasteiger partial charge on any atom is 0.221 e. The smallest absolute Gasteiger partial charge is 0.221 e. The molecule has 1 aromatic rings. The van der Waals surface area contributed by atoms with Crippen molar-refractivity contribution in [1.82, 2.24) is 10.2 Å². The minimum absolute atomic E-state index is 0.0818. The van der Waals surface area contributed by atoms with Gasteiger partial charge in [-0.25, -0.2) is 0 Å². The van der Waals surface area contributed by atoms with Gasteiger partial charge in [0.25, 0.3) is 0 Å². The van der Waals surface area contributed by atoms with Gasteiger partial charge in [0.2, 0.25) is 5.91 Å². The van der Waals surface area contributed by atoms with Crippen LogP contribution in [0.1, 0.15) is 18.1 Å². The number of amides is 1. The van der Waals surface area contributed by atoms with Crippen LogP contribution in [0, 0.1) is 0 Å². The van der Waals surface area contributed by atoms with Gasteiger partial charge in [-0.15, -0.1) is 0 Å². The molecular weight excluding hydrogens is 244 g/mol. The van der Waals surface area contributed by atoms with E-state index >= 15 is 0 Å². The molecule has 1 fully saturated rings. The molecule has 1 aliphatic heterocycles. The van der Waals surface area contributed by atoms with Crippen LogP contribution in [0.2, 0.25) is 0 Å². The molecular formula is C14H20N2O3. The Labute approximate surface area is 113 Å². The quantitative estimate of drug-likeness (QED) is 0.834. The third kappa shape index (κ3) is 3.94. The van der Waals surface area contributed by atoms with Gasteiger partial charge < -0.3 is 15.2 Å². The maximum atomic E-state index is 11.3. The van der Waals surface area contributed by atoms with E-state index in [0.29, 0.717) is 26.1 Å². The lowest BCUT2D eigenvalue weighted by Crippen LogP contribution is -2.32. The number of nitrogens with zero attached hydrogens (tertiary/aromatic N) is 1. The van der Waals surface area contributed by atoms with E-state index in [1.54, 1.807) is 7.11 Å². The van der Waals surface area contributed by atoms with Crippen LogP contribution in [0.3, 0.4) is 0 Å². The summed E-state index contributed by atoms with van der Waals surface area (Å²) in [6.45, 7) is 2.63. The number of hydrogen-bond donors (Lipinski definition) is 2. The predicted octanol–water partition coefficient (Wildman–Crippen LogP) is 0.550. The molecule has 0 aromatic heterocycles. The summed E-state index contributed by atoms with van der Waals surface area (Å²) in [5, 5.41) is 13.1. The van der Waals surface area contributed by atoms with Crippen LogP contribution < -0.4 is 10.1 Å². The molecule has 5 nitrogen and oxygen atoms in total. The number of hydrogen-bond acceptors (Lipinski definition) is 4. The molecule has 1 atom stereocenters. The lowest BCUT2D eigenvalue weighted by molar-refractivity contribution is -0.120. The Kier molecular flexibility index (Phi) is 4.76. The van der Waals surface area contributed by atoms with E-state index < -0.39 is 6.10 Å². The first kappa shape index (κ1) is 13.8. The summed E-state index contributed by atoms with van der Waals surface area (Å²) in [5.41, 5.74) is 0.836. The van der Waals surface area contributed by atoms with Crippen LogP contribution in [0.4, 0.5) is 0 Å². The largest absolute Gasteiger partial charge is 0.497 e. The third-order valence-electron chi connectivity index (χ3n) is 3.31. The number of methoxy groups -OCH3 is 1. The zero-order chi connectivity index (χ0) is 13.7. The summed E-state index contributed by atoms with van der Waals surface area (Å²) in [7, 11) is 1.61. The van der Waals surface area contributed by atoms with Crippen molar-refractivity contribution < 1.29 is 14.6 Å². The van der Waals surface area contributed by atoms with Crippen LogP contribution >= 0.6 is 0 Å². The second-order valence-electron chi connectivity index (χ2n) is 4.69. The van der Waals surface area contributed by atoms with Crippen molar-refractivity contribution >= 4 is 5.91 Å². The molecule has 0 aliphatic carbocycles. The fourth-order valence-corrected chi connectivity index (χ4v) is 2.19. The van der Waals surface area contributed by atoms with E-state index in [1.165, 1.54) is 0 Å². The molecule has 2 rings (SSSR count). The van der Waals surface area contributed by atoms with Gasteiger partial charge in [0.15, 0.2) is 0 Å². The first-order valence-electron chi connectivity index (χ1n) is 6.50. The molecule has 1 saturated heterocycles. The molecule has 0 bridgehead atoms. The SMILES string of the molecule is COc1cccc(C(O)CN2CCNC(=O)CC2)c1. The van der Waals surface area contributed by atoms with Gasteiger partial charge in [0.1, 0.15) is 5.75 Å². The fraction of sp³-hybridized carbons (Fsp3) is 0.500. The number of benzene rings is 1. The second-order valence-corrected chi connectivity index (χ2v) is 4.69. The third-order valence-corrected chi connectivity index (χ3v) is 3.31. The topological polar surface area (TPSA) is 61.8 Å². The molecule has 0 spiro atoms. The Morgan fingerprint density at radius 3 is 3.11 bits per heavy atom. The Hall–Kier alpha value is -1.59. The molecule has 1 unspecified atom stereocenters. The van der Waals surface area contributed by atoms with E-state index in [0.717, 1.165) is 17.9 Å². The zero-order valence-electron chi connectivity index (χ0n) is 11.1. The minimum Gasteiger partial charge on any atom is -0.497 e. The van der Waals surface area contributed by atoms with Gasteiger partial charge in [-0.2, -0.15) is 0 Å². The van der Waals surface area contributed by atoms with Crippen molar-refractivity contribution in [2.75, 3.05) is 33.3 Å². The first-order valence-corrected chi connectivity index (χ1v) is 6.50.